The second-order valence-electron chi connectivity index (χ2n) is 3.03. The smallest absolute Gasteiger partial charge is 0.370 e. The Hall–Kier alpha value is -1.83. The molecule has 0 aromatic heterocycles. The van der Waals surface area contributed by atoms with Crippen LogP contribution in [0.4, 0.5) is 17.6 Å². The molecular weight excluding hydrogens is 278 g/mol. The molecule has 1 amide bonds. The third-order valence-corrected chi connectivity index (χ3v) is 1.75. The lowest BCUT2D eigenvalue weighted by atomic mass is 10.1. The topological polar surface area (TPSA) is 81.5 Å². The molecule has 0 radical (unpaired) electrons. The number of alkyl halides is 3. The van der Waals surface area contributed by atoms with Crippen LogP contribution in [-0.4, -0.2) is 11.9 Å². The third-order valence-electron chi connectivity index (χ3n) is 1.75. The van der Waals surface area contributed by atoms with E-state index in [-0.39, 0.29) is 12.4 Å². The van der Waals surface area contributed by atoms with E-state index >= 15 is 0 Å². The molecule has 1 aromatic rings. The second-order valence-corrected chi connectivity index (χ2v) is 3.03. The van der Waals surface area contributed by atoms with E-state index in [2.05, 4.69) is 4.99 Å². The summed E-state index contributed by atoms with van der Waals surface area (Å²) in [5.74, 6) is -3.06. The van der Waals surface area contributed by atoms with Crippen molar-refractivity contribution in [2.24, 2.45) is 16.5 Å². The van der Waals surface area contributed by atoms with Gasteiger partial charge in [0.15, 0.2) is 5.96 Å². The number of carbonyl (C=O) groups is 1. The van der Waals surface area contributed by atoms with E-state index in [1.54, 1.807) is 0 Å². The fourth-order valence-electron chi connectivity index (χ4n) is 1.04. The largest absolute Gasteiger partial charge is 0.416 e. The zero-order chi connectivity index (χ0) is 13.2. The number of carbonyl (C=O) groups excluding carboxylic acids is 1. The van der Waals surface area contributed by atoms with Crippen molar-refractivity contribution in [1.82, 2.24) is 0 Å². The fourth-order valence-corrected chi connectivity index (χ4v) is 1.04. The molecule has 4 nitrogen and oxygen atoms in total. The van der Waals surface area contributed by atoms with E-state index in [1.807, 2.05) is 0 Å². The van der Waals surface area contributed by atoms with Crippen molar-refractivity contribution in [1.29, 1.82) is 0 Å². The van der Waals surface area contributed by atoms with Gasteiger partial charge in [0.2, 0.25) is 0 Å². The van der Waals surface area contributed by atoms with Gasteiger partial charge in [0.1, 0.15) is 5.82 Å². The van der Waals surface area contributed by atoms with Crippen LogP contribution in [0.25, 0.3) is 0 Å². The highest BCUT2D eigenvalue weighted by atomic mass is 35.5. The minimum Gasteiger partial charge on any atom is -0.370 e. The lowest BCUT2D eigenvalue weighted by Crippen LogP contribution is -2.24. The molecule has 9 heteroatoms. The van der Waals surface area contributed by atoms with Gasteiger partial charge in [-0.2, -0.15) is 18.2 Å². The molecule has 0 atom stereocenters. The van der Waals surface area contributed by atoms with Crippen LogP contribution in [0.3, 0.4) is 0 Å². The Morgan fingerprint density at radius 3 is 2.22 bits per heavy atom. The van der Waals surface area contributed by atoms with Crippen LogP contribution in [-0.2, 0) is 6.18 Å². The summed E-state index contributed by atoms with van der Waals surface area (Å²) in [5, 5.41) is 0. The van der Waals surface area contributed by atoms with Crippen LogP contribution in [0.1, 0.15) is 15.9 Å². The Morgan fingerprint density at radius 1 is 1.22 bits per heavy atom. The highest BCUT2D eigenvalue weighted by Gasteiger charge is 2.31. The molecule has 0 saturated heterocycles. The van der Waals surface area contributed by atoms with E-state index in [0.29, 0.717) is 18.2 Å². The lowest BCUT2D eigenvalue weighted by molar-refractivity contribution is -0.137. The monoisotopic (exact) mass is 285 g/mol. The van der Waals surface area contributed by atoms with Crippen molar-refractivity contribution < 1.29 is 22.4 Å². The average molecular weight is 286 g/mol. The number of nitrogens with two attached hydrogens (primary N) is 2. The van der Waals surface area contributed by atoms with E-state index in [4.69, 9.17) is 11.5 Å². The standard InChI is InChI=1S/C9H7F4N3O.ClH/c10-6-2-1-4(9(11,12)13)3-5(6)7(17)16-8(14)15;/h1-3H,(H4,14,15,16,17);1H. The van der Waals surface area contributed by atoms with Crippen molar-refractivity contribution in [2.75, 3.05) is 0 Å². The number of guanidine groups is 1. The molecule has 18 heavy (non-hydrogen) atoms. The average Bonchev–Trinajstić information content (AvgIpc) is 2.15. The number of nitrogens with zero attached hydrogens (tertiary/aromatic N) is 1. The summed E-state index contributed by atoms with van der Waals surface area (Å²) in [6, 6.07) is 1.39. The Labute approximate surface area is 105 Å². The van der Waals surface area contributed by atoms with E-state index in [0.717, 1.165) is 0 Å². The van der Waals surface area contributed by atoms with E-state index in [1.165, 1.54) is 0 Å². The first-order valence-electron chi connectivity index (χ1n) is 4.22. The molecule has 0 unspecified atom stereocenters. The maximum atomic E-state index is 13.1. The molecule has 0 bridgehead atoms. The number of aliphatic imine (C=N–C) groups is 1. The predicted molar refractivity (Wildman–Crippen MR) is 58.8 cm³/mol. The molecule has 0 aliphatic carbocycles. The van der Waals surface area contributed by atoms with Gasteiger partial charge >= 0.3 is 6.18 Å². The zero-order valence-electron chi connectivity index (χ0n) is 8.66. The van der Waals surface area contributed by atoms with E-state index < -0.39 is 35.0 Å². The van der Waals surface area contributed by atoms with Gasteiger partial charge in [-0.1, -0.05) is 0 Å². The summed E-state index contributed by atoms with van der Waals surface area (Å²) in [5.41, 5.74) is 7.73. The van der Waals surface area contributed by atoms with Gasteiger partial charge in [-0.05, 0) is 18.2 Å². The van der Waals surface area contributed by atoms with Crippen molar-refractivity contribution >= 4 is 24.3 Å². The molecule has 0 heterocycles. The summed E-state index contributed by atoms with van der Waals surface area (Å²) in [4.78, 5) is 14.2. The van der Waals surface area contributed by atoms with Crippen molar-refractivity contribution in [2.45, 2.75) is 6.18 Å². The number of hydrogen-bond donors (Lipinski definition) is 2. The Bertz CT molecular complexity index is 483. The normalized spacial score (nSPS) is 10.4. The molecule has 0 aliphatic heterocycles. The zero-order valence-corrected chi connectivity index (χ0v) is 9.48. The van der Waals surface area contributed by atoms with Crippen LogP contribution in [0.2, 0.25) is 0 Å². The SMILES string of the molecule is Cl.NC(N)=NC(=O)c1cc(C(F)(F)F)ccc1F. The van der Waals surface area contributed by atoms with Gasteiger partial charge in [0.05, 0.1) is 11.1 Å². The second kappa shape index (κ2) is 5.67. The molecule has 1 aromatic carbocycles. The highest BCUT2D eigenvalue weighted by Crippen LogP contribution is 2.30. The lowest BCUT2D eigenvalue weighted by Gasteiger charge is -2.07. The molecule has 0 spiro atoms. The highest BCUT2D eigenvalue weighted by molar-refractivity contribution is 6.02. The molecule has 1 rings (SSSR count). The van der Waals surface area contributed by atoms with Crippen molar-refractivity contribution in [3.8, 4) is 0 Å². The summed E-state index contributed by atoms with van der Waals surface area (Å²) >= 11 is 0. The van der Waals surface area contributed by atoms with E-state index in [9.17, 15) is 22.4 Å². The first kappa shape index (κ1) is 16.2. The predicted octanol–water partition coefficient (Wildman–Crippen LogP) is 1.68. The third kappa shape index (κ3) is 3.88. The molecule has 0 fully saturated rings. The number of benzene rings is 1. The summed E-state index contributed by atoms with van der Waals surface area (Å²) in [6.45, 7) is 0. The molecule has 0 aliphatic rings. The van der Waals surface area contributed by atoms with Gasteiger partial charge in [0, 0.05) is 0 Å². The summed E-state index contributed by atoms with van der Waals surface area (Å²) < 4.78 is 50.0. The maximum absolute atomic E-state index is 13.1. The van der Waals surface area contributed by atoms with Crippen molar-refractivity contribution in [3.05, 3.63) is 35.1 Å². The quantitative estimate of drug-likeness (QED) is 0.468. The summed E-state index contributed by atoms with van der Waals surface area (Å²) in [6.07, 6.45) is -4.68. The minimum absolute atomic E-state index is 0. The van der Waals surface area contributed by atoms with Crippen LogP contribution in [0, 0.1) is 5.82 Å². The number of halogens is 5. The number of hydrogen-bond acceptors (Lipinski definition) is 1. The van der Waals surface area contributed by atoms with Gasteiger partial charge in [0.25, 0.3) is 5.91 Å². The molecule has 0 saturated carbocycles. The Balaban J connectivity index is 0.00000289. The molecule has 100 valence electrons. The van der Waals surface area contributed by atoms with Gasteiger partial charge in [-0.25, -0.2) is 4.39 Å². The van der Waals surface area contributed by atoms with Crippen LogP contribution < -0.4 is 11.5 Å². The fraction of sp³-hybridized carbons (Fsp3) is 0.111. The van der Waals surface area contributed by atoms with Crippen LogP contribution in [0.5, 0.6) is 0 Å². The first-order chi connectivity index (χ1) is 7.71. The van der Waals surface area contributed by atoms with Gasteiger partial charge in [-0.15, -0.1) is 12.4 Å². The summed E-state index contributed by atoms with van der Waals surface area (Å²) in [7, 11) is 0. The molecule has 4 N–H and O–H groups in total. The minimum atomic E-state index is -4.68. The van der Waals surface area contributed by atoms with Crippen molar-refractivity contribution in [3.63, 3.8) is 0 Å². The Kier molecular flexibility index (Phi) is 5.10. The number of amides is 1. The van der Waals surface area contributed by atoms with Crippen LogP contribution in [0.15, 0.2) is 23.2 Å². The molecular formula is C9H8ClF4N3O. The Morgan fingerprint density at radius 2 is 1.78 bits per heavy atom. The van der Waals surface area contributed by atoms with Crippen LogP contribution >= 0.6 is 12.4 Å². The van der Waals surface area contributed by atoms with Gasteiger partial charge in [-0.3, -0.25) is 4.79 Å². The van der Waals surface area contributed by atoms with Gasteiger partial charge < -0.3 is 11.5 Å². The maximum Gasteiger partial charge on any atom is 0.416 e. The number of rotatable bonds is 1. The first-order valence-corrected chi connectivity index (χ1v) is 4.22.